The molecule has 4 rings (SSSR count). The molecular weight excluding hydrogens is 395 g/mol. The van der Waals surface area contributed by atoms with Crippen LogP contribution in [0.1, 0.15) is 27.0 Å². The van der Waals surface area contributed by atoms with Crippen molar-refractivity contribution in [2.24, 2.45) is 0 Å². The monoisotopic (exact) mass is 412 g/mol. The molecule has 0 saturated carbocycles. The number of ketones is 1. The van der Waals surface area contributed by atoms with Crippen LogP contribution in [0.5, 0.6) is 5.88 Å². The molecule has 0 radical (unpaired) electrons. The lowest BCUT2D eigenvalue weighted by Gasteiger charge is -2.18. The highest BCUT2D eigenvalue weighted by atomic mass is 19.1. The Balaban J connectivity index is 1.59. The van der Waals surface area contributed by atoms with Gasteiger partial charge in [0.1, 0.15) is 5.82 Å². The van der Waals surface area contributed by atoms with E-state index in [1.807, 2.05) is 12.1 Å². The first-order valence-corrected chi connectivity index (χ1v) is 9.48. The molecule has 0 spiro atoms. The number of aromatic nitrogens is 1. The predicted molar refractivity (Wildman–Crippen MR) is 115 cm³/mol. The van der Waals surface area contributed by atoms with Crippen molar-refractivity contribution in [2.45, 2.75) is 6.42 Å². The van der Waals surface area contributed by atoms with Crippen molar-refractivity contribution in [3.63, 3.8) is 0 Å². The van der Waals surface area contributed by atoms with Crippen LogP contribution in [-0.2, 0) is 11.2 Å². The molecule has 1 N–H and O–H groups in total. The van der Waals surface area contributed by atoms with E-state index < -0.39 is 17.5 Å². The standard InChI is InChI=1S/C25H17FN2O3/c1-31-23-15-17(10-11-27-23)5-2-4-16-8-9-22-20(13-16)24(29)21(25(30)28-22)14-18-6-3-7-19(26)12-18/h3,6-15H,5H2,1H3,(H,28,30)/b21-14-. The van der Waals surface area contributed by atoms with Gasteiger partial charge in [-0.1, -0.05) is 24.0 Å². The minimum Gasteiger partial charge on any atom is -0.481 e. The molecule has 0 bridgehead atoms. The maximum Gasteiger partial charge on any atom is 0.259 e. The Morgan fingerprint density at radius 1 is 1.13 bits per heavy atom. The van der Waals surface area contributed by atoms with Gasteiger partial charge >= 0.3 is 0 Å². The highest BCUT2D eigenvalue weighted by molar-refractivity contribution is 6.36. The van der Waals surface area contributed by atoms with Gasteiger partial charge < -0.3 is 10.1 Å². The molecule has 1 amide bonds. The number of carbonyl (C=O) groups is 2. The summed E-state index contributed by atoms with van der Waals surface area (Å²) in [7, 11) is 1.55. The van der Waals surface area contributed by atoms with Crippen molar-refractivity contribution in [2.75, 3.05) is 12.4 Å². The summed E-state index contributed by atoms with van der Waals surface area (Å²) in [5.74, 6) is 5.24. The lowest BCUT2D eigenvalue weighted by Crippen LogP contribution is -2.27. The number of nitrogens with zero attached hydrogens (tertiary/aromatic N) is 1. The van der Waals surface area contributed by atoms with Gasteiger partial charge in [0.15, 0.2) is 0 Å². The molecule has 1 aromatic heterocycles. The largest absolute Gasteiger partial charge is 0.481 e. The lowest BCUT2D eigenvalue weighted by molar-refractivity contribution is -0.112. The van der Waals surface area contributed by atoms with Gasteiger partial charge in [0.2, 0.25) is 11.7 Å². The van der Waals surface area contributed by atoms with Gasteiger partial charge in [-0.3, -0.25) is 9.59 Å². The Bertz CT molecular complexity index is 1290. The zero-order chi connectivity index (χ0) is 21.8. The number of ether oxygens (including phenoxy) is 1. The van der Waals surface area contributed by atoms with Gasteiger partial charge in [0, 0.05) is 29.8 Å². The summed E-state index contributed by atoms with van der Waals surface area (Å²) in [4.78, 5) is 29.4. The van der Waals surface area contributed by atoms with Crippen LogP contribution in [0.3, 0.4) is 0 Å². The molecule has 31 heavy (non-hydrogen) atoms. The van der Waals surface area contributed by atoms with Gasteiger partial charge in [0.05, 0.1) is 18.4 Å². The van der Waals surface area contributed by atoms with E-state index in [0.717, 1.165) is 5.56 Å². The van der Waals surface area contributed by atoms with Crippen molar-refractivity contribution in [3.8, 4) is 17.7 Å². The van der Waals surface area contributed by atoms with Crippen molar-refractivity contribution < 1.29 is 18.7 Å². The molecule has 152 valence electrons. The molecule has 1 aliphatic rings. The summed E-state index contributed by atoms with van der Waals surface area (Å²) < 4.78 is 18.6. The first-order chi connectivity index (χ1) is 15.0. The van der Waals surface area contributed by atoms with Crippen LogP contribution in [-0.4, -0.2) is 23.8 Å². The summed E-state index contributed by atoms with van der Waals surface area (Å²) in [6.45, 7) is 0. The van der Waals surface area contributed by atoms with E-state index in [4.69, 9.17) is 4.74 Å². The summed E-state index contributed by atoms with van der Waals surface area (Å²) in [6, 6.07) is 14.4. The number of pyridine rings is 1. The molecule has 0 saturated heterocycles. The van der Waals surface area contributed by atoms with Crippen LogP contribution >= 0.6 is 0 Å². The fourth-order valence-electron chi connectivity index (χ4n) is 3.17. The van der Waals surface area contributed by atoms with Crippen LogP contribution in [0.4, 0.5) is 10.1 Å². The van der Waals surface area contributed by atoms with Gasteiger partial charge in [-0.25, -0.2) is 9.37 Å². The Morgan fingerprint density at radius 3 is 2.81 bits per heavy atom. The fourth-order valence-corrected chi connectivity index (χ4v) is 3.17. The Hall–Kier alpha value is -4.24. The number of methoxy groups -OCH3 is 1. The minimum absolute atomic E-state index is 0.0490. The third kappa shape index (κ3) is 4.51. The van der Waals surface area contributed by atoms with Crippen LogP contribution < -0.4 is 10.1 Å². The zero-order valence-corrected chi connectivity index (χ0v) is 16.6. The number of amides is 1. The highest BCUT2D eigenvalue weighted by Gasteiger charge is 2.28. The predicted octanol–water partition coefficient (Wildman–Crippen LogP) is 4.04. The Labute approximate surface area is 178 Å². The zero-order valence-electron chi connectivity index (χ0n) is 16.6. The van der Waals surface area contributed by atoms with Crippen LogP contribution in [0, 0.1) is 17.7 Å². The van der Waals surface area contributed by atoms with E-state index in [1.165, 1.54) is 24.3 Å². The lowest BCUT2D eigenvalue weighted by atomic mass is 9.93. The van der Waals surface area contributed by atoms with Gasteiger partial charge in [-0.2, -0.15) is 0 Å². The van der Waals surface area contributed by atoms with E-state index in [-0.39, 0.29) is 5.57 Å². The first kappa shape index (κ1) is 20.0. The normalized spacial score (nSPS) is 13.8. The molecule has 0 aliphatic carbocycles. The van der Waals surface area contributed by atoms with Crippen LogP contribution in [0.2, 0.25) is 0 Å². The molecule has 0 unspecified atom stereocenters. The summed E-state index contributed by atoms with van der Waals surface area (Å²) in [6.07, 6.45) is 3.53. The van der Waals surface area contributed by atoms with Crippen LogP contribution in [0.15, 0.2) is 66.4 Å². The second-order valence-electron chi connectivity index (χ2n) is 6.84. The maximum absolute atomic E-state index is 13.5. The summed E-state index contributed by atoms with van der Waals surface area (Å²) in [5, 5.41) is 2.71. The molecular formula is C25H17FN2O3. The number of carbonyl (C=O) groups excluding carboxylic acids is 2. The quantitative estimate of drug-likeness (QED) is 0.401. The SMILES string of the molecule is COc1cc(CC#Cc2ccc3c(c2)C(=O)/C(=C/c2cccc(F)c2)C(=O)N3)ccn1. The average Bonchev–Trinajstić information content (AvgIpc) is 2.77. The third-order valence-corrected chi connectivity index (χ3v) is 4.69. The summed E-state index contributed by atoms with van der Waals surface area (Å²) >= 11 is 0. The van der Waals surface area contributed by atoms with Gasteiger partial charge in [0.25, 0.3) is 5.91 Å². The molecule has 1 aliphatic heterocycles. The molecule has 0 atom stereocenters. The highest BCUT2D eigenvalue weighted by Crippen LogP contribution is 2.27. The number of hydrogen-bond donors (Lipinski definition) is 1. The van der Waals surface area contributed by atoms with E-state index in [1.54, 1.807) is 37.6 Å². The number of fused-ring (bicyclic) bond motifs is 1. The number of Topliss-reactive ketones (excluding diaryl/α,β-unsaturated/α-hetero) is 1. The third-order valence-electron chi connectivity index (χ3n) is 4.69. The number of rotatable bonds is 3. The topological polar surface area (TPSA) is 68.3 Å². The Kier molecular flexibility index (Phi) is 5.59. The van der Waals surface area contributed by atoms with Gasteiger partial charge in [-0.05, 0) is 53.6 Å². The molecule has 2 aromatic carbocycles. The molecule has 6 heteroatoms. The molecule has 2 heterocycles. The number of nitrogens with one attached hydrogen (secondary N) is 1. The first-order valence-electron chi connectivity index (χ1n) is 9.48. The fraction of sp³-hybridized carbons (Fsp3) is 0.0800. The van der Waals surface area contributed by atoms with Crippen molar-refractivity contribution in [1.29, 1.82) is 0 Å². The van der Waals surface area contributed by atoms with Crippen LogP contribution in [0.25, 0.3) is 6.08 Å². The second kappa shape index (κ2) is 8.64. The maximum atomic E-state index is 13.5. The number of halogens is 1. The smallest absolute Gasteiger partial charge is 0.259 e. The molecule has 5 nitrogen and oxygen atoms in total. The van der Waals surface area contributed by atoms with Crippen molar-refractivity contribution in [3.05, 3.63) is 94.4 Å². The second-order valence-corrected chi connectivity index (χ2v) is 6.84. The van der Waals surface area contributed by atoms with E-state index in [0.29, 0.717) is 34.7 Å². The van der Waals surface area contributed by atoms with Crippen molar-refractivity contribution >= 4 is 23.5 Å². The summed E-state index contributed by atoms with van der Waals surface area (Å²) in [5.41, 5.74) is 2.77. The van der Waals surface area contributed by atoms with Gasteiger partial charge in [-0.15, -0.1) is 0 Å². The van der Waals surface area contributed by atoms with Crippen molar-refractivity contribution in [1.82, 2.24) is 4.98 Å². The average molecular weight is 412 g/mol. The van der Waals surface area contributed by atoms with E-state index in [9.17, 15) is 14.0 Å². The Morgan fingerprint density at radius 2 is 2.00 bits per heavy atom. The molecule has 3 aromatic rings. The minimum atomic E-state index is -0.521. The van der Waals surface area contributed by atoms with E-state index >= 15 is 0 Å². The number of benzene rings is 2. The number of hydrogen-bond acceptors (Lipinski definition) is 4. The van der Waals surface area contributed by atoms with E-state index in [2.05, 4.69) is 22.1 Å². The molecule has 0 fully saturated rings. The number of anilines is 1.